The molecule has 0 fully saturated rings. The van der Waals surface area contributed by atoms with E-state index < -0.39 is 18.6 Å². The molecule has 0 radical (unpaired) electrons. The second-order valence-corrected chi connectivity index (χ2v) is 4.95. The molecular weight excluding hydrogens is 279 g/mol. The van der Waals surface area contributed by atoms with E-state index in [0.29, 0.717) is 24.4 Å². The molecule has 1 amide bonds. The number of hydrogen-bond acceptors (Lipinski definition) is 4. The fraction of sp³-hybridized carbons (Fsp3) is 0.636. The third-order valence-corrected chi connectivity index (χ3v) is 3.19. The highest BCUT2D eigenvalue weighted by Gasteiger charge is 2.33. The van der Waals surface area contributed by atoms with E-state index in [1.165, 1.54) is 16.7 Å². The van der Waals surface area contributed by atoms with Crippen molar-refractivity contribution < 1.29 is 18.0 Å². The first-order valence-corrected chi connectivity index (χ1v) is 6.75. The average Bonchev–Trinajstić information content (AvgIpc) is 2.75. The Labute approximate surface area is 113 Å². The summed E-state index contributed by atoms with van der Waals surface area (Å²) in [7, 11) is 0. The van der Waals surface area contributed by atoms with E-state index >= 15 is 0 Å². The van der Waals surface area contributed by atoms with Crippen molar-refractivity contribution in [1.82, 2.24) is 9.88 Å². The summed E-state index contributed by atoms with van der Waals surface area (Å²) in [5.74, 6) is -0.682. The molecule has 4 nitrogen and oxygen atoms in total. The minimum Gasteiger partial charge on any atom is -0.330 e. The van der Waals surface area contributed by atoms with Gasteiger partial charge in [-0.2, -0.15) is 13.2 Å². The Bertz CT molecular complexity index is 420. The number of rotatable bonds is 6. The maximum Gasteiger partial charge on any atom is 0.406 e. The zero-order valence-electron chi connectivity index (χ0n) is 10.5. The number of amides is 1. The Morgan fingerprint density at radius 1 is 1.53 bits per heavy atom. The number of carbonyl (C=O) groups excluding carboxylic acids is 1. The van der Waals surface area contributed by atoms with Crippen molar-refractivity contribution in [3.05, 3.63) is 16.1 Å². The largest absolute Gasteiger partial charge is 0.406 e. The molecule has 1 aromatic heterocycles. The predicted molar refractivity (Wildman–Crippen MR) is 67.1 cm³/mol. The summed E-state index contributed by atoms with van der Waals surface area (Å²) in [4.78, 5) is 16.8. The standard InChI is InChI=1S/C11H16F3N3OS/c1-2-5-17(7-11(12,13)14)10(18)8-6-19-9(16-8)3-4-15/h6H,2-5,7,15H2,1H3. The lowest BCUT2D eigenvalue weighted by Gasteiger charge is -2.22. The SMILES string of the molecule is CCCN(CC(F)(F)F)C(=O)c1csc(CCN)n1. The number of nitrogens with two attached hydrogens (primary N) is 1. The molecular formula is C11H16F3N3OS. The van der Waals surface area contributed by atoms with Gasteiger partial charge in [-0.3, -0.25) is 4.79 Å². The number of aromatic nitrogens is 1. The minimum absolute atomic E-state index is 0.0576. The van der Waals surface area contributed by atoms with Gasteiger partial charge in [-0.15, -0.1) is 11.3 Å². The highest BCUT2D eigenvalue weighted by Crippen LogP contribution is 2.19. The zero-order chi connectivity index (χ0) is 14.5. The van der Waals surface area contributed by atoms with Crippen molar-refractivity contribution in [3.8, 4) is 0 Å². The van der Waals surface area contributed by atoms with Crippen LogP contribution in [0.2, 0.25) is 0 Å². The highest BCUT2D eigenvalue weighted by molar-refractivity contribution is 7.09. The Hall–Kier alpha value is -1.15. The second kappa shape index (κ2) is 6.85. The van der Waals surface area contributed by atoms with Crippen LogP contribution >= 0.6 is 11.3 Å². The number of hydrogen-bond donors (Lipinski definition) is 1. The predicted octanol–water partition coefficient (Wildman–Crippen LogP) is 2.06. The Morgan fingerprint density at radius 3 is 2.74 bits per heavy atom. The first kappa shape index (κ1) is 15.9. The Kier molecular flexibility index (Phi) is 5.74. The van der Waals surface area contributed by atoms with Crippen LogP contribution in [0.4, 0.5) is 13.2 Å². The molecule has 0 aliphatic rings. The van der Waals surface area contributed by atoms with E-state index in [1.54, 1.807) is 6.92 Å². The van der Waals surface area contributed by atoms with Gasteiger partial charge >= 0.3 is 6.18 Å². The minimum atomic E-state index is -4.40. The van der Waals surface area contributed by atoms with Crippen LogP contribution in [0.1, 0.15) is 28.8 Å². The van der Waals surface area contributed by atoms with Gasteiger partial charge in [0, 0.05) is 18.3 Å². The molecule has 0 unspecified atom stereocenters. The van der Waals surface area contributed by atoms with Crippen LogP contribution in [-0.2, 0) is 6.42 Å². The summed E-state index contributed by atoms with van der Waals surface area (Å²) in [5, 5.41) is 2.14. The summed E-state index contributed by atoms with van der Waals surface area (Å²) >= 11 is 1.24. The van der Waals surface area contributed by atoms with Crippen LogP contribution in [0.5, 0.6) is 0 Å². The molecule has 0 atom stereocenters. The number of alkyl halides is 3. The van der Waals surface area contributed by atoms with Crippen LogP contribution in [0, 0.1) is 0 Å². The lowest BCUT2D eigenvalue weighted by molar-refractivity contribution is -0.140. The molecule has 0 aromatic carbocycles. The average molecular weight is 295 g/mol. The van der Waals surface area contributed by atoms with Crippen LogP contribution < -0.4 is 5.73 Å². The van der Waals surface area contributed by atoms with Crippen molar-refractivity contribution >= 4 is 17.2 Å². The van der Waals surface area contributed by atoms with Crippen molar-refractivity contribution in [2.75, 3.05) is 19.6 Å². The molecule has 0 bridgehead atoms. The summed E-state index contributed by atoms with van der Waals surface area (Å²) < 4.78 is 37.2. The van der Waals surface area contributed by atoms with Crippen molar-refractivity contribution in [3.63, 3.8) is 0 Å². The zero-order valence-corrected chi connectivity index (χ0v) is 11.4. The number of halogens is 3. The van der Waals surface area contributed by atoms with E-state index in [-0.39, 0.29) is 12.2 Å². The third-order valence-electron chi connectivity index (χ3n) is 2.28. The van der Waals surface area contributed by atoms with Crippen molar-refractivity contribution in [2.24, 2.45) is 5.73 Å². The summed E-state index contributed by atoms with van der Waals surface area (Å²) in [5.41, 5.74) is 5.42. The van der Waals surface area contributed by atoms with Gasteiger partial charge < -0.3 is 10.6 Å². The molecule has 2 N–H and O–H groups in total. The van der Waals surface area contributed by atoms with Crippen LogP contribution in [-0.4, -0.2) is 41.6 Å². The molecule has 0 aliphatic heterocycles. The summed E-state index contributed by atoms with van der Waals surface area (Å²) in [6, 6.07) is 0. The first-order chi connectivity index (χ1) is 8.87. The van der Waals surface area contributed by atoms with E-state index in [1.807, 2.05) is 0 Å². The smallest absolute Gasteiger partial charge is 0.330 e. The topological polar surface area (TPSA) is 59.2 Å². The fourth-order valence-electron chi connectivity index (χ4n) is 1.55. The molecule has 108 valence electrons. The number of carbonyl (C=O) groups is 1. The third kappa shape index (κ3) is 5.15. The van der Waals surface area contributed by atoms with Gasteiger partial charge in [0.2, 0.25) is 0 Å². The van der Waals surface area contributed by atoms with Crippen LogP contribution in [0.3, 0.4) is 0 Å². The molecule has 19 heavy (non-hydrogen) atoms. The lowest BCUT2D eigenvalue weighted by atomic mass is 10.3. The fourth-order valence-corrected chi connectivity index (χ4v) is 2.34. The Balaban J connectivity index is 2.79. The maximum atomic E-state index is 12.4. The van der Waals surface area contributed by atoms with E-state index in [9.17, 15) is 18.0 Å². The molecule has 0 spiro atoms. The molecule has 1 heterocycles. The maximum absolute atomic E-state index is 12.4. The monoisotopic (exact) mass is 295 g/mol. The van der Waals surface area contributed by atoms with Gasteiger partial charge in [0.25, 0.3) is 5.91 Å². The molecule has 0 saturated heterocycles. The highest BCUT2D eigenvalue weighted by atomic mass is 32.1. The lowest BCUT2D eigenvalue weighted by Crippen LogP contribution is -2.39. The number of nitrogens with zero attached hydrogens (tertiary/aromatic N) is 2. The normalized spacial score (nSPS) is 11.6. The van der Waals surface area contributed by atoms with Gasteiger partial charge in [0.15, 0.2) is 0 Å². The van der Waals surface area contributed by atoms with Gasteiger partial charge in [-0.1, -0.05) is 6.92 Å². The van der Waals surface area contributed by atoms with Crippen LogP contribution in [0.25, 0.3) is 0 Å². The quantitative estimate of drug-likeness (QED) is 0.874. The number of thiazole rings is 1. The second-order valence-electron chi connectivity index (χ2n) is 4.01. The van der Waals surface area contributed by atoms with Gasteiger partial charge in [0.05, 0.1) is 5.01 Å². The summed E-state index contributed by atoms with van der Waals surface area (Å²) in [6.45, 7) is 0.922. The molecule has 0 saturated carbocycles. The van der Waals surface area contributed by atoms with Crippen LogP contribution in [0.15, 0.2) is 5.38 Å². The Morgan fingerprint density at radius 2 is 2.21 bits per heavy atom. The van der Waals surface area contributed by atoms with Crippen molar-refractivity contribution in [2.45, 2.75) is 25.9 Å². The molecule has 1 rings (SSSR count). The molecule has 8 heteroatoms. The van der Waals surface area contributed by atoms with Crippen molar-refractivity contribution in [1.29, 1.82) is 0 Å². The van der Waals surface area contributed by atoms with Gasteiger partial charge in [-0.05, 0) is 13.0 Å². The van der Waals surface area contributed by atoms with E-state index in [2.05, 4.69) is 4.98 Å². The molecule has 1 aromatic rings. The first-order valence-electron chi connectivity index (χ1n) is 5.88. The van der Waals surface area contributed by atoms with E-state index in [0.717, 1.165) is 4.90 Å². The van der Waals surface area contributed by atoms with Gasteiger partial charge in [-0.25, -0.2) is 4.98 Å². The molecule has 0 aliphatic carbocycles. The van der Waals surface area contributed by atoms with E-state index in [4.69, 9.17) is 5.73 Å². The summed E-state index contributed by atoms with van der Waals surface area (Å²) in [6.07, 6.45) is -3.42. The van der Waals surface area contributed by atoms with Gasteiger partial charge in [0.1, 0.15) is 12.2 Å².